The lowest BCUT2D eigenvalue weighted by atomic mass is 9.86. The van der Waals surface area contributed by atoms with E-state index in [0.717, 1.165) is 5.39 Å². The summed E-state index contributed by atoms with van der Waals surface area (Å²) in [6, 6.07) is 3.11. The van der Waals surface area contributed by atoms with Crippen molar-refractivity contribution in [3.05, 3.63) is 28.9 Å². The smallest absolute Gasteiger partial charge is 0.385 e. The van der Waals surface area contributed by atoms with Gasteiger partial charge in [0.15, 0.2) is 0 Å². The van der Waals surface area contributed by atoms with Crippen molar-refractivity contribution >= 4 is 28.4 Å². The molecular weight excluding hydrogens is 359 g/mol. The van der Waals surface area contributed by atoms with Crippen LogP contribution in [-0.4, -0.2) is 33.4 Å². The fraction of sp³-hybridized carbons (Fsp3) is 0.500. The van der Waals surface area contributed by atoms with E-state index in [2.05, 4.69) is 15.5 Å². The van der Waals surface area contributed by atoms with Gasteiger partial charge < -0.3 is 10.4 Å². The summed E-state index contributed by atoms with van der Waals surface area (Å²) in [4.78, 5) is 11.4. The zero-order valence-electron chi connectivity index (χ0n) is 12.9. The van der Waals surface area contributed by atoms with Crippen LogP contribution in [0.3, 0.4) is 0 Å². The van der Waals surface area contributed by atoms with Gasteiger partial charge >= 0.3 is 6.18 Å². The molecule has 2 aliphatic rings. The first-order valence-corrected chi connectivity index (χ1v) is 8.26. The Morgan fingerprint density at radius 2 is 2.08 bits per heavy atom. The minimum atomic E-state index is -4.51. The number of aromatic amines is 1. The number of alkyl halides is 3. The summed E-state index contributed by atoms with van der Waals surface area (Å²) in [6.45, 7) is 0. The predicted molar refractivity (Wildman–Crippen MR) is 83.8 cm³/mol. The molecule has 4 atom stereocenters. The molecule has 0 radical (unpaired) electrons. The average molecular weight is 374 g/mol. The summed E-state index contributed by atoms with van der Waals surface area (Å²) >= 11 is 6.11. The van der Waals surface area contributed by atoms with Crippen LogP contribution in [0.5, 0.6) is 0 Å². The van der Waals surface area contributed by atoms with E-state index in [1.807, 2.05) is 0 Å². The maximum atomic E-state index is 12.2. The summed E-state index contributed by atoms with van der Waals surface area (Å²) in [5.41, 5.74) is 0.260. The second kappa shape index (κ2) is 5.35. The van der Waals surface area contributed by atoms with Gasteiger partial charge in [0.25, 0.3) is 0 Å². The molecule has 5 nitrogen and oxygen atoms in total. The van der Waals surface area contributed by atoms with Crippen LogP contribution >= 0.6 is 11.6 Å². The van der Waals surface area contributed by atoms with Crippen molar-refractivity contribution < 1.29 is 23.1 Å². The summed E-state index contributed by atoms with van der Waals surface area (Å²) in [7, 11) is 0. The zero-order valence-corrected chi connectivity index (χ0v) is 13.7. The molecule has 1 aromatic heterocycles. The molecule has 2 aliphatic carbocycles. The van der Waals surface area contributed by atoms with Crippen molar-refractivity contribution in [2.45, 2.75) is 37.1 Å². The molecule has 0 saturated heterocycles. The van der Waals surface area contributed by atoms with Gasteiger partial charge in [-0.3, -0.25) is 9.89 Å². The number of amides is 1. The molecule has 3 N–H and O–H groups in total. The highest BCUT2D eigenvalue weighted by atomic mass is 35.5. The first-order valence-electron chi connectivity index (χ1n) is 7.88. The van der Waals surface area contributed by atoms with Crippen LogP contribution in [0.4, 0.5) is 13.2 Å². The van der Waals surface area contributed by atoms with Crippen LogP contribution in [0, 0.1) is 11.8 Å². The highest BCUT2D eigenvalue weighted by Gasteiger charge is 2.62. The van der Waals surface area contributed by atoms with E-state index in [4.69, 9.17) is 11.6 Å². The number of H-pyrrole nitrogens is 1. The summed E-state index contributed by atoms with van der Waals surface area (Å²) in [6.07, 6.45) is -3.63. The molecule has 9 heteroatoms. The van der Waals surface area contributed by atoms with E-state index in [9.17, 15) is 23.1 Å². The summed E-state index contributed by atoms with van der Waals surface area (Å²) in [5, 5.41) is 21.5. The van der Waals surface area contributed by atoms with Crippen LogP contribution in [0.15, 0.2) is 18.3 Å². The Kier molecular flexibility index (Phi) is 3.56. The van der Waals surface area contributed by atoms with Crippen molar-refractivity contribution in [1.82, 2.24) is 15.5 Å². The van der Waals surface area contributed by atoms with E-state index in [0.29, 0.717) is 28.9 Å². The van der Waals surface area contributed by atoms with E-state index in [1.165, 1.54) is 0 Å². The van der Waals surface area contributed by atoms with Crippen molar-refractivity contribution in [3.63, 3.8) is 0 Å². The number of carbonyl (C=O) groups excluding carboxylic acids is 1. The Labute approximate surface area is 145 Å². The molecular formula is C16H15ClF3N3O2. The van der Waals surface area contributed by atoms with Gasteiger partial charge in [-0.2, -0.15) is 18.3 Å². The van der Waals surface area contributed by atoms with E-state index in [1.54, 1.807) is 18.3 Å². The second-order valence-corrected chi connectivity index (χ2v) is 7.37. The Morgan fingerprint density at radius 3 is 2.72 bits per heavy atom. The van der Waals surface area contributed by atoms with E-state index >= 15 is 0 Å². The van der Waals surface area contributed by atoms with Crippen LogP contribution in [0.1, 0.15) is 24.8 Å². The van der Waals surface area contributed by atoms with E-state index < -0.39 is 24.1 Å². The number of nitrogens with zero attached hydrogens (tertiary/aromatic N) is 1. The topological polar surface area (TPSA) is 78.0 Å². The van der Waals surface area contributed by atoms with Crippen molar-refractivity contribution in [3.8, 4) is 0 Å². The molecule has 0 aliphatic heterocycles. The van der Waals surface area contributed by atoms with Crippen molar-refractivity contribution in [2.75, 3.05) is 0 Å². The largest absolute Gasteiger partial charge is 0.397 e. The van der Waals surface area contributed by atoms with Gasteiger partial charge in [0.1, 0.15) is 6.42 Å². The predicted octanol–water partition coefficient (Wildman–Crippen LogP) is 2.88. The minimum absolute atomic E-state index is 0.0249. The van der Waals surface area contributed by atoms with Crippen LogP contribution in [-0.2, 0) is 10.4 Å². The Balaban J connectivity index is 1.48. The third-order valence-corrected chi connectivity index (χ3v) is 5.41. The Hall–Kier alpha value is -1.80. The number of halogens is 4. The number of aliphatic hydroxyl groups is 1. The maximum absolute atomic E-state index is 12.2. The van der Waals surface area contributed by atoms with Gasteiger partial charge in [-0.05, 0) is 42.4 Å². The normalized spacial score (nSPS) is 31.2. The molecule has 2 aromatic rings. The van der Waals surface area contributed by atoms with E-state index in [-0.39, 0.29) is 17.9 Å². The molecule has 2 saturated carbocycles. The van der Waals surface area contributed by atoms with Gasteiger partial charge in [0, 0.05) is 16.5 Å². The van der Waals surface area contributed by atoms with Gasteiger partial charge in [0.2, 0.25) is 5.91 Å². The molecule has 2 fully saturated rings. The number of carbonyl (C=O) groups is 1. The number of hydrogen-bond acceptors (Lipinski definition) is 3. The van der Waals surface area contributed by atoms with Gasteiger partial charge in [-0.15, -0.1) is 0 Å². The zero-order chi connectivity index (χ0) is 18.0. The third kappa shape index (κ3) is 2.97. The first-order chi connectivity index (χ1) is 11.7. The van der Waals surface area contributed by atoms with Gasteiger partial charge in [-0.25, -0.2) is 0 Å². The molecule has 1 amide bonds. The standard InChI is InChI=1S/C16H15ClF3N3O2/c17-7-1-11(10-6-21-23-12(10)2-7)15(25)3-8-9(4-15)14(8)22-13(24)5-16(18,19)20/h1-2,6,8-9,14,25H,3-5H2,(H,21,23)(H,22,24)/t8-,9+,14+,15-. The lowest BCUT2D eigenvalue weighted by Gasteiger charge is -2.27. The molecule has 0 unspecified atom stereocenters. The maximum Gasteiger partial charge on any atom is 0.397 e. The number of rotatable bonds is 3. The second-order valence-electron chi connectivity index (χ2n) is 6.94. The lowest BCUT2D eigenvalue weighted by Crippen LogP contribution is -2.35. The number of aromatic nitrogens is 2. The monoisotopic (exact) mass is 373 g/mol. The Morgan fingerprint density at radius 1 is 1.40 bits per heavy atom. The minimum Gasteiger partial charge on any atom is -0.385 e. The van der Waals surface area contributed by atoms with Crippen molar-refractivity contribution in [2.24, 2.45) is 11.8 Å². The molecule has 1 aromatic carbocycles. The summed E-state index contributed by atoms with van der Waals surface area (Å²) in [5.74, 6) is -1.07. The Bertz CT molecular complexity index is 839. The highest BCUT2D eigenvalue weighted by molar-refractivity contribution is 6.31. The molecule has 134 valence electrons. The van der Waals surface area contributed by atoms with Gasteiger partial charge in [0.05, 0.1) is 17.3 Å². The first kappa shape index (κ1) is 16.7. The quantitative estimate of drug-likeness (QED) is 0.774. The molecule has 1 heterocycles. The van der Waals surface area contributed by atoms with Crippen LogP contribution in [0.25, 0.3) is 10.9 Å². The van der Waals surface area contributed by atoms with Crippen LogP contribution in [0.2, 0.25) is 5.02 Å². The fourth-order valence-corrected chi connectivity index (χ4v) is 4.34. The van der Waals surface area contributed by atoms with Crippen LogP contribution < -0.4 is 5.32 Å². The number of nitrogens with one attached hydrogen (secondary N) is 2. The molecule has 25 heavy (non-hydrogen) atoms. The average Bonchev–Trinajstić information content (AvgIpc) is 2.89. The third-order valence-electron chi connectivity index (χ3n) is 5.19. The molecule has 4 rings (SSSR count). The fourth-order valence-electron chi connectivity index (χ4n) is 4.12. The number of benzene rings is 1. The number of hydrogen-bond donors (Lipinski definition) is 3. The molecule has 0 spiro atoms. The highest BCUT2D eigenvalue weighted by Crippen LogP contribution is 2.60. The number of fused-ring (bicyclic) bond motifs is 2. The molecule has 0 bridgehead atoms. The van der Waals surface area contributed by atoms with Crippen molar-refractivity contribution in [1.29, 1.82) is 0 Å². The van der Waals surface area contributed by atoms with Gasteiger partial charge in [-0.1, -0.05) is 11.6 Å². The lowest BCUT2D eigenvalue weighted by molar-refractivity contribution is -0.154. The SMILES string of the molecule is O=C(CC(F)(F)F)N[C@H]1[C@@H]2C[C@](O)(c3cc(Cl)cc4[nH]ncc34)C[C@@H]21. The summed E-state index contributed by atoms with van der Waals surface area (Å²) < 4.78 is 36.7.